The van der Waals surface area contributed by atoms with Crippen LogP contribution in [0.5, 0.6) is 0 Å². The van der Waals surface area contributed by atoms with E-state index in [1.54, 1.807) is 0 Å². The lowest BCUT2D eigenvalue weighted by Gasteiger charge is -2.40. The van der Waals surface area contributed by atoms with E-state index in [0.29, 0.717) is 17.5 Å². The molecule has 0 radical (unpaired) electrons. The van der Waals surface area contributed by atoms with Crippen molar-refractivity contribution >= 4 is 0 Å². The summed E-state index contributed by atoms with van der Waals surface area (Å²) < 4.78 is 11.6. The van der Waals surface area contributed by atoms with E-state index in [1.807, 2.05) is 0 Å². The zero-order valence-electron chi connectivity index (χ0n) is 11.8. The van der Waals surface area contributed by atoms with Crippen molar-refractivity contribution in [1.82, 2.24) is 5.32 Å². The topological polar surface area (TPSA) is 30.5 Å². The van der Waals surface area contributed by atoms with Crippen LogP contribution in [-0.2, 0) is 9.47 Å². The smallest absolute Gasteiger partial charge is 0.0951 e. The van der Waals surface area contributed by atoms with Gasteiger partial charge >= 0.3 is 0 Å². The minimum absolute atomic E-state index is 0.0403. The normalized spacial score (nSPS) is 43.7. The molecular formula is C15H27NO2. The monoisotopic (exact) mass is 253 g/mol. The molecule has 0 aromatic carbocycles. The Balaban J connectivity index is 1.59. The molecule has 0 aromatic rings. The van der Waals surface area contributed by atoms with Crippen molar-refractivity contribution < 1.29 is 9.47 Å². The second-order valence-electron chi connectivity index (χ2n) is 7.12. The van der Waals surface area contributed by atoms with Gasteiger partial charge in [0.1, 0.15) is 0 Å². The van der Waals surface area contributed by atoms with Gasteiger partial charge in [0.2, 0.25) is 0 Å². The maximum atomic E-state index is 6.01. The number of hydrogen-bond donors (Lipinski definition) is 1. The Morgan fingerprint density at radius 2 is 2.00 bits per heavy atom. The number of hydrogen-bond acceptors (Lipinski definition) is 3. The first kappa shape index (κ1) is 12.9. The van der Waals surface area contributed by atoms with Crippen LogP contribution in [0.15, 0.2) is 0 Å². The Hall–Kier alpha value is -0.120. The highest BCUT2D eigenvalue weighted by molar-refractivity contribution is 4.97. The van der Waals surface area contributed by atoms with Crippen LogP contribution in [0.2, 0.25) is 0 Å². The Kier molecular flexibility index (Phi) is 3.41. The summed E-state index contributed by atoms with van der Waals surface area (Å²) in [5.41, 5.74) is 0.510. The minimum atomic E-state index is 0.0403. The summed E-state index contributed by atoms with van der Waals surface area (Å²) in [7, 11) is 0. The maximum absolute atomic E-state index is 6.01. The van der Waals surface area contributed by atoms with Gasteiger partial charge in [-0.3, -0.25) is 0 Å². The highest BCUT2D eigenvalue weighted by Crippen LogP contribution is 2.39. The summed E-state index contributed by atoms with van der Waals surface area (Å²) in [6, 6.07) is 1.32. The number of nitrogens with one attached hydrogen (secondary N) is 1. The van der Waals surface area contributed by atoms with Gasteiger partial charge in [0.05, 0.1) is 12.2 Å². The van der Waals surface area contributed by atoms with Gasteiger partial charge < -0.3 is 14.8 Å². The molecule has 1 N–H and O–H groups in total. The van der Waals surface area contributed by atoms with Crippen LogP contribution < -0.4 is 5.32 Å². The van der Waals surface area contributed by atoms with Gasteiger partial charge in [-0.2, -0.15) is 0 Å². The lowest BCUT2D eigenvalue weighted by atomic mass is 9.84. The average molecular weight is 253 g/mol. The molecule has 1 saturated carbocycles. The molecule has 18 heavy (non-hydrogen) atoms. The van der Waals surface area contributed by atoms with Gasteiger partial charge in [-0.1, -0.05) is 20.3 Å². The highest BCUT2D eigenvalue weighted by Gasteiger charge is 2.43. The van der Waals surface area contributed by atoms with Gasteiger partial charge in [0.15, 0.2) is 0 Å². The molecule has 0 aromatic heterocycles. The Bertz CT molecular complexity index is 297. The molecule has 1 spiro atoms. The summed E-state index contributed by atoms with van der Waals surface area (Å²) in [5, 5.41) is 3.92. The van der Waals surface area contributed by atoms with E-state index in [2.05, 4.69) is 19.2 Å². The molecule has 3 nitrogen and oxygen atoms in total. The largest absolute Gasteiger partial charge is 0.378 e. The third-order valence-corrected chi connectivity index (χ3v) is 5.25. The molecule has 3 fully saturated rings. The van der Waals surface area contributed by atoms with Gasteiger partial charge in [0.25, 0.3) is 0 Å². The molecule has 1 aliphatic carbocycles. The predicted octanol–water partition coefficient (Wildman–Crippen LogP) is 2.49. The van der Waals surface area contributed by atoms with E-state index >= 15 is 0 Å². The molecule has 3 atom stereocenters. The van der Waals surface area contributed by atoms with Gasteiger partial charge in [-0.05, 0) is 31.1 Å². The minimum Gasteiger partial charge on any atom is -0.378 e. The van der Waals surface area contributed by atoms with Crippen molar-refractivity contribution in [3.8, 4) is 0 Å². The SMILES string of the molecule is CC1(C)CCCC1NC1CCOC2(CCOC2)C1. The molecule has 0 bridgehead atoms. The average Bonchev–Trinajstić information content (AvgIpc) is 2.88. The quantitative estimate of drug-likeness (QED) is 0.820. The summed E-state index contributed by atoms with van der Waals surface area (Å²) >= 11 is 0. The highest BCUT2D eigenvalue weighted by atomic mass is 16.6. The molecule has 2 saturated heterocycles. The number of ether oxygens (including phenoxy) is 2. The lowest BCUT2D eigenvalue weighted by molar-refractivity contribution is -0.0913. The maximum Gasteiger partial charge on any atom is 0.0951 e. The fraction of sp³-hybridized carbons (Fsp3) is 1.00. The first-order chi connectivity index (χ1) is 8.60. The second-order valence-corrected chi connectivity index (χ2v) is 7.12. The molecule has 3 aliphatic rings. The summed E-state index contributed by atoms with van der Waals surface area (Å²) in [4.78, 5) is 0. The van der Waals surface area contributed by atoms with E-state index in [1.165, 1.54) is 19.3 Å². The summed E-state index contributed by atoms with van der Waals surface area (Å²) in [6.07, 6.45) is 7.46. The Labute approximate surface area is 111 Å². The van der Waals surface area contributed by atoms with Crippen molar-refractivity contribution in [1.29, 1.82) is 0 Å². The molecular weight excluding hydrogens is 226 g/mol. The van der Waals surface area contributed by atoms with Crippen LogP contribution in [0.4, 0.5) is 0 Å². The van der Waals surface area contributed by atoms with Crippen molar-refractivity contribution in [3.05, 3.63) is 0 Å². The van der Waals surface area contributed by atoms with Crippen molar-refractivity contribution in [2.45, 2.75) is 70.1 Å². The van der Waals surface area contributed by atoms with E-state index in [4.69, 9.17) is 9.47 Å². The predicted molar refractivity (Wildman–Crippen MR) is 71.7 cm³/mol. The fourth-order valence-electron chi connectivity index (χ4n) is 3.95. The Morgan fingerprint density at radius 1 is 1.11 bits per heavy atom. The molecule has 3 unspecified atom stereocenters. The third-order valence-electron chi connectivity index (χ3n) is 5.25. The van der Waals surface area contributed by atoms with Crippen LogP contribution in [0.1, 0.15) is 52.4 Å². The zero-order chi connectivity index (χ0) is 12.6. The van der Waals surface area contributed by atoms with Crippen LogP contribution >= 0.6 is 0 Å². The van der Waals surface area contributed by atoms with Crippen LogP contribution in [0, 0.1) is 5.41 Å². The third kappa shape index (κ3) is 2.45. The summed E-state index contributed by atoms with van der Waals surface area (Å²) in [5.74, 6) is 0. The Morgan fingerprint density at radius 3 is 2.67 bits per heavy atom. The van der Waals surface area contributed by atoms with Crippen LogP contribution in [0.3, 0.4) is 0 Å². The standard InChI is InChI=1S/C15H27NO2/c1-14(2)6-3-4-13(14)16-12-5-8-18-15(10-12)7-9-17-11-15/h12-13,16H,3-11H2,1-2H3. The fourth-order valence-corrected chi connectivity index (χ4v) is 3.95. The molecule has 0 amide bonds. The number of rotatable bonds is 2. The van der Waals surface area contributed by atoms with Crippen molar-refractivity contribution in [2.75, 3.05) is 19.8 Å². The van der Waals surface area contributed by atoms with Gasteiger partial charge in [0, 0.05) is 31.7 Å². The van der Waals surface area contributed by atoms with E-state index < -0.39 is 0 Å². The van der Waals surface area contributed by atoms with Gasteiger partial charge in [-0.25, -0.2) is 0 Å². The van der Waals surface area contributed by atoms with Crippen molar-refractivity contribution in [3.63, 3.8) is 0 Å². The second kappa shape index (κ2) is 4.77. The van der Waals surface area contributed by atoms with Crippen LogP contribution in [-0.4, -0.2) is 37.5 Å². The molecule has 3 heteroatoms. The van der Waals surface area contributed by atoms with E-state index in [0.717, 1.165) is 39.1 Å². The van der Waals surface area contributed by atoms with Crippen molar-refractivity contribution in [2.24, 2.45) is 5.41 Å². The molecule has 104 valence electrons. The van der Waals surface area contributed by atoms with Crippen LogP contribution in [0.25, 0.3) is 0 Å². The summed E-state index contributed by atoms with van der Waals surface area (Å²) in [6.45, 7) is 7.39. The van der Waals surface area contributed by atoms with Gasteiger partial charge in [-0.15, -0.1) is 0 Å². The van der Waals surface area contributed by atoms with E-state index in [-0.39, 0.29) is 5.60 Å². The first-order valence-corrected chi connectivity index (χ1v) is 7.58. The van der Waals surface area contributed by atoms with E-state index in [9.17, 15) is 0 Å². The lowest BCUT2D eigenvalue weighted by Crippen LogP contribution is -2.52. The molecule has 2 aliphatic heterocycles. The zero-order valence-corrected chi connectivity index (χ0v) is 11.8. The first-order valence-electron chi connectivity index (χ1n) is 7.58. The molecule has 3 rings (SSSR count). The molecule has 2 heterocycles.